The van der Waals surface area contributed by atoms with Crippen molar-refractivity contribution in [3.63, 3.8) is 0 Å². The van der Waals surface area contributed by atoms with Crippen LogP contribution in [0.5, 0.6) is 0 Å². The lowest BCUT2D eigenvalue weighted by Gasteiger charge is -2.32. The van der Waals surface area contributed by atoms with E-state index in [9.17, 15) is 18.0 Å². The summed E-state index contributed by atoms with van der Waals surface area (Å²) in [5.41, 5.74) is 0.587. The van der Waals surface area contributed by atoms with Gasteiger partial charge >= 0.3 is 0 Å². The average Bonchev–Trinajstić information content (AvgIpc) is 2.72. The van der Waals surface area contributed by atoms with Crippen LogP contribution in [0.1, 0.15) is 26.3 Å². The first kappa shape index (κ1) is 28.5. The third kappa shape index (κ3) is 7.39. The lowest BCUT2D eigenvalue weighted by atomic mass is 10.1. The third-order valence-corrected chi connectivity index (χ3v) is 7.35. The van der Waals surface area contributed by atoms with Crippen molar-refractivity contribution in [3.8, 4) is 0 Å². The van der Waals surface area contributed by atoms with Crippen molar-refractivity contribution in [1.82, 2.24) is 10.2 Å². The van der Waals surface area contributed by atoms with Gasteiger partial charge in [0.25, 0.3) is 0 Å². The Morgan fingerprint density at radius 2 is 1.53 bits per heavy atom. The van der Waals surface area contributed by atoms with Crippen LogP contribution in [-0.2, 0) is 26.2 Å². The Morgan fingerprint density at radius 1 is 0.941 bits per heavy atom. The van der Waals surface area contributed by atoms with E-state index in [4.69, 9.17) is 46.4 Å². The van der Waals surface area contributed by atoms with Gasteiger partial charge in [0.1, 0.15) is 12.6 Å². The number of hydrogen-bond acceptors (Lipinski definition) is 4. The first-order chi connectivity index (χ1) is 15.7. The van der Waals surface area contributed by atoms with Gasteiger partial charge in [0.05, 0.1) is 27.0 Å². The van der Waals surface area contributed by atoms with Gasteiger partial charge in [-0.25, -0.2) is 8.42 Å². The number of nitrogens with zero attached hydrogens (tertiary/aromatic N) is 2. The molecular weight excluding hydrogens is 544 g/mol. The van der Waals surface area contributed by atoms with E-state index in [0.717, 1.165) is 10.6 Å². The maximum atomic E-state index is 13.5. The SMILES string of the molecule is CC(C)NC(=O)[C@@H](C)N(Cc1ccccc1Cl)C(=O)CN(c1cc(Cl)c(Cl)cc1Cl)S(C)(=O)=O. The zero-order valence-electron chi connectivity index (χ0n) is 19.0. The van der Waals surface area contributed by atoms with Crippen molar-refractivity contribution in [2.75, 3.05) is 17.1 Å². The quantitative estimate of drug-likeness (QED) is 0.431. The molecule has 2 aromatic carbocycles. The summed E-state index contributed by atoms with van der Waals surface area (Å²) < 4.78 is 26.1. The van der Waals surface area contributed by atoms with E-state index >= 15 is 0 Å². The van der Waals surface area contributed by atoms with E-state index in [2.05, 4.69) is 5.32 Å². The van der Waals surface area contributed by atoms with Crippen LogP contribution in [0, 0.1) is 0 Å². The van der Waals surface area contributed by atoms with Crippen molar-refractivity contribution in [2.45, 2.75) is 39.4 Å². The predicted molar refractivity (Wildman–Crippen MR) is 138 cm³/mol. The minimum Gasteiger partial charge on any atom is -0.352 e. The first-order valence-electron chi connectivity index (χ1n) is 10.2. The van der Waals surface area contributed by atoms with Crippen LogP contribution in [0.2, 0.25) is 20.1 Å². The minimum atomic E-state index is -3.97. The number of rotatable bonds is 9. The summed E-state index contributed by atoms with van der Waals surface area (Å²) >= 11 is 24.5. The Bertz CT molecular complexity index is 1170. The number of hydrogen-bond donors (Lipinski definition) is 1. The molecule has 0 radical (unpaired) electrons. The summed E-state index contributed by atoms with van der Waals surface area (Å²) in [6.07, 6.45) is 0.937. The fraction of sp³-hybridized carbons (Fsp3) is 0.364. The Balaban J connectivity index is 2.48. The van der Waals surface area contributed by atoms with Crippen molar-refractivity contribution in [2.24, 2.45) is 0 Å². The molecule has 0 aliphatic heterocycles. The van der Waals surface area contributed by atoms with Gasteiger partial charge in [0.15, 0.2) is 0 Å². The number of benzene rings is 2. The summed E-state index contributed by atoms with van der Waals surface area (Å²) in [7, 11) is -3.97. The molecule has 12 heteroatoms. The van der Waals surface area contributed by atoms with Crippen LogP contribution in [0.4, 0.5) is 5.69 Å². The van der Waals surface area contributed by atoms with Crippen molar-refractivity contribution in [1.29, 1.82) is 0 Å². The van der Waals surface area contributed by atoms with E-state index in [1.807, 2.05) is 0 Å². The van der Waals surface area contributed by atoms with Crippen LogP contribution in [-0.4, -0.2) is 50.0 Å². The van der Waals surface area contributed by atoms with Gasteiger partial charge in [0.2, 0.25) is 21.8 Å². The van der Waals surface area contributed by atoms with E-state index in [1.54, 1.807) is 45.0 Å². The molecule has 0 aromatic heterocycles. The lowest BCUT2D eigenvalue weighted by molar-refractivity contribution is -0.139. The molecule has 1 N–H and O–H groups in total. The molecule has 0 spiro atoms. The number of nitrogens with one attached hydrogen (secondary N) is 1. The Hall–Kier alpha value is -1.71. The summed E-state index contributed by atoms with van der Waals surface area (Å²) in [5.74, 6) is -1.03. The van der Waals surface area contributed by atoms with Crippen molar-refractivity contribution in [3.05, 3.63) is 62.1 Å². The molecule has 2 amide bonds. The number of carbonyl (C=O) groups excluding carboxylic acids is 2. The summed E-state index contributed by atoms with van der Waals surface area (Å²) in [6, 6.07) is 8.37. The fourth-order valence-corrected chi connectivity index (χ4v) is 4.84. The van der Waals surface area contributed by atoms with Crippen molar-refractivity contribution < 1.29 is 18.0 Å². The predicted octanol–water partition coefficient (Wildman–Crippen LogP) is 5.01. The zero-order chi connectivity index (χ0) is 25.8. The van der Waals surface area contributed by atoms with Gasteiger partial charge in [-0.3, -0.25) is 13.9 Å². The van der Waals surface area contributed by atoms with Gasteiger partial charge < -0.3 is 10.2 Å². The van der Waals surface area contributed by atoms with E-state index < -0.39 is 34.4 Å². The highest BCUT2D eigenvalue weighted by Gasteiger charge is 2.31. The number of sulfonamides is 1. The molecule has 0 saturated carbocycles. The highest BCUT2D eigenvalue weighted by atomic mass is 35.5. The Morgan fingerprint density at radius 3 is 2.09 bits per heavy atom. The second-order valence-corrected chi connectivity index (χ2v) is 11.5. The van der Waals surface area contributed by atoms with Crippen LogP contribution in [0.3, 0.4) is 0 Å². The summed E-state index contributed by atoms with van der Waals surface area (Å²) in [5, 5.41) is 3.37. The number of carbonyl (C=O) groups is 2. The second-order valence-electron chi connectivity index (χ2n) is 7.94. The molecule has 0 saturated heterocycles. The van der Waals surface area contributed by atoms with E-state index in [0.29, 0.717) is 10.6 Å². The van der Waals surface area contributed by atoms with Gasteiger partial charge in [-0.1, -0.05) is 64.6 Å². The third-order valence-electron chi connectivity index (χ3n) is 4.83. The average molecular weight is 569 g/mol. The molecule has 2 aromatic rings. The molecule has 1 atom stereocenters. The molecule has 0 unspecified atom stereocenters. The maximum Gasteiger partial charge on any atom is 0.244 e. The standard InChI is InChI=1S/C22H25Cl4N3O4S/c1-13(2)27-22(31)14(3)28(11-15-7-5-6-8-16(15)23)21(30)12-29(34(4,32)33)20-10-18(25)17(24)9-19(20)26/h5-10,13-14H,11-12H2,1-4H3,(H,27,31)/t14-/m1/s1. The largest absolute Gasteiger partial charge is 0.352 e. The smallest absolute Gasteiger partial charge is 0.244 e. The molecule has 0 fully saturated rings. The van der Waals surface area contributed by atoms with Crippen LogP contribution < -0.4 is 9.62 Å². The van der Waals surface area contributed by atoms with Crippen LogP contribution >= 0.6 is 46.4 Å². The minimum absolute atomic E-state index is 0.00382. The molecule has 34 heavy (non-hydrogen) atoms. The Kier molecular flexibility index (Phi) is 9.91. The molecule has 7 nitrogen and oxygen atoms in total. The lowest BCUT2D eigenvalue weighted by Crippen LogP contribution is -2.52. The molecule has 186 valence electrons. The molecule has 2 rings (SSSR count). The monoisotopic (exact) mass is 567 g/mol. The molecule has 0 heterocycles. The summed E-state index contributed by atoms with van der Waals surface area (Å²) in [6.45, 7) is 4.51. The molecular formula is C22H25Cl4N3O4S. The zero-order valence-corrected chi connectivity index (χ0v) is 22.8. The number of halogens is 4. The highest BCUT2D eigenvalue weighted by Crippen LogP contribution is 2.35. The highest BCUT2D eigenvalue weighted by molar-refractivity contribution is 7.92. The first-order valence-corrected chi connectivity index (χ1v) is 13.5. The fourth-order valence-electron chi connectivity index (χ4n) is 3.10. The second kappa shape index (κ2) is 11.8. The van der Waals surface area contributed by atoms with Gasteiger partial charge in [-0.05, 0) is 44.5 Å². The normalized spacial score (nSPS) is 12.4. The topological polar surface area (TPSA) is 86.8 Å². The molecule has 0 aliphatic carbocycles. The van der Waals surface area contributed by atoms with E-state index in [-0.39, 0.29) is 33.3 Å². The Labute approximate surface area is 220 Å². The summed E-state index contributed by atoms with van der Waals surface area (Å²) in [4.78, 5) is 27.5. The van der Waals surface area contributed by atoms with E-state index in [1.165, 1.54) is 17.0 Å². The van der Waals surface area contributed by atoms with Gasteiger partial charge in [-0.2, -0.15) is 0 Å². The molecule has 0 bridgehead atoms. The van der Waals surface area contributed by atoms with Crippen molar-refractivity contribution >= 4 is 73.9 Å². The van der Waals surface area contributed by atoms with Crippen LogP contribution in [0.15, 0.2) is 36.4 Å². The van der Waals surface area contributed by atoms with Gasteiger partial charge in [-0.15, -0.1) is 0 Å². The number of amides is 2. The number of anilines is 1. The van der Waals surface area contributed by atoms with Crippen LogP contribution in [0.25, 0.3) is 0 Å². The maximum absolute atomic E-state index is 13.5. The molecule has 0 aliphatic rings. The van der Waals surface area contributed by atoms with Gasteiger partial charge in [0, 0.05) is 17.6 Å².